The lowest BCUT2D eigenvalue weighted by molar-refractivity contribution is 0.294. The van der Waals surface area contributed by atoms with Gasteiger partial charge in [-0.1, -0.05) is 25.5 Å². The molecule has 0 aromatic heterocycles. The van der Waals surface area contributed by atoms with Crippen LogP contribution in [0.3, 0.4) is 0 Å². The summed E-state index contributed by atoms with van der Waals surface area (Å²) in [5.41, 5.74) is 7.13. The van der Waals surface area contributed by atoms with E-state index in [1.54, 1.807) is 0 Å². The Kier molecular flexibility index (Phi) is 5.19. The van der Waals surface area contributed by atoms with Crippen LogP contribution in [0.2, 0.25) is 0 Å². The smallest absolute Gasteiger partial charge is 0.119 e. The van der Waals surface area contributed by atoms with Gasteiger partial charge in [0.1, 0.15) is 5.75 Å². The van der Waals surface area contributed by atoms with Crippen LogP contribution in [-0.2, 0) is 0 Å². The van der Waals surface area contributed by atoms with E-state index in [-0.39, 0.29) is 6.04 Å². The standard InChI is InChI=1S/C13H21NO/c1-3-5-12(14)8-9-15-13-7-4-6-11(2)10-13/h4,6-7,10,12H,3,5,8-9,14H2,1-2H3. The molecule has 1 aromatic carbocycles. The van der Waals surface area contributed by atoms with E-state index in [9.17, 15) is 0 Å². The number of nitrogens with two attached hydrogens (primary N) is 1. The van der Waals surface area contributed by atoms with Gasteiger partial charge in [-0.3, -0.25) is 0 Å². The van der Waals surface area contributed by atoms with Crippen LogP contribution in [0.5, 0.6) is 5.75 Å². The summed E-state index contributed by atoms with van der Waals surface area (Å²) in [5.74, 6) is 0.943. The van der Waals surface area contributed by atoms with Gasteiger partial charge in [-0.25, -0.2) is 0 Å². The number of hydrogen-bond donors (Lipinski definition) is 1. The van der Waals surface area contributed by atoms with E-state index in [0.29, 0.717) is 6.61 Å². The Labute approximate surface area is 92.4 Å². The fraction of sp³-hybridized carbons (Fsp3) is 0.538. The molecule has 2 heteroatoms. The molecule has 0 aliphatic rings. The van der Waals surface area contributed by atoms with E-state index >= 15 is 0 Å². The van der Waals surface area contributed by atoms with E-state index in [2.05, 4.69) is 19.9 Å². The van der Waals surface area contributed by atoms with Crippen LogP contribution in [0.15, 0.2) is 24.3 Å². The molecule has 0 spiro atoms. The average Bonchev–Trinajstić information content (AvgIpc) is 2.18. The second-order valence-corrected chi connectivity index (χ2v) is 4.00. The SMILES string of the molecule is CCCC(N)CCOc1cccc(C)c1. The summed E-state index contributed by atoms with van der Waals surface area (Å²) in [7, 11) is 0. The van der Waals surface area contributed by atoms with Crippen molar-refractivity contribution in [1.82, 2.24) is 0 Å². The fourth-order valence-corrected chi connectivity index (χ4v) is 1.55. The minimum atomic E-state index is 0.278. The summed E-state index contributed by atoms with van der Waals surface area (Å²) in [6.07, 6.45) is 3.16. The first-order chi connectivity index (χ1) is 7.22. The number of aryl methyl sites for hydroxylation is 1. The molecule has 0 heterocycles. The highest BCUT2D eigenvalue weighted by Crippen LogP contribution is 2.12. The molecule has 1 atom stereocenters. The summed E-state index contributed by atoms with van der Waals surface area (Å²) >= 11 is 0. The van der Waals surface area contributed by atoms with Gasteiger partial charge in [-0.15, -0.1) is 0 Å². The predicted molar refractivity (Wildman–Crippen MR) is 64.2 cm³/mol. The lowest BCUT2D eigenvalue weighted by atomic mass is 10.1. The second kappa shape index (κ2) is 6.46. The number of ether oxygens (including phenoxy) is 1. The highest BCUT2D eigenvalue weighted by atomic mass is 16.5. The largest absolute Gasteiger partial charge is 0.494 e. The molecular formula is C13H21NO. The first kappa shape index (κ1) is 12.1. The minimum Gasteiger partial charge on any atom is -0.494 e. The van der Waals surface area contributed by atoms with Crippen molar-refractivity contribution in [2.75, 3.05) is 6.61 Å². The molecule has 0 fully saturated rings. The Hall–Kier alpha value is -1.02. The van der Waals surface area contributed by atoms with E-state index in [0.717, 1.165) is 25.0 Å². The molecule has 0 aliphatic heterocycles. The maximum atomic E-state index is 5.90. The maximum absolute atomic E-state index is 5.90. The predicted octanol–water partition coefficient (Wildman–Crippen LogP) is 2.89. The topological polar surface area (TPSA) is 35.2 Å². The molecule has 0 radical (unpaired) electrons. The summed E-state index contributed by atoms with van der Waals surface area (Å²) in [5, 5.41) is 0. The summed E-state index contributed by atoms with van der Waals surface area (Å²) in [4.78, 5) is 0. The van der Waals surface area contributed by atoms with Crippen LogP contribution in [0.25, 0.3) is 0 Å². The van der Waals surface area contributed by atoms with E-state index < -0.39 is 0 Å². The summed E-state index contributed by atoms with van der Waals surface area (Å²) in [6.45, 7) is 4.93. The van der Waals surface area contributed by atoms with Crippen molar-refractivity contribution in [1.29, 1.82) is 0 Å². The van der Waals surface area contributed by atoms with Crippen molar-refractivity contribution >= 4 is 0 Å². The zero-order valence-corrected chi connectivity index (χ0v) is 9.70. The van der Waals surface area contributed by atoms with E-state index in [1.165, 1.54) is 5.56 Å². The molecule has 84 valence electrons. The first-order valence-corrected chi connectivity index (χ1v) is 5.67. The van der Waals surface area contributed by atoms with Crippen LogP contribution in [-0.4, -0.2) is 12.6 Å². The average molecular weight is 207 g/mol. The van der Waals surface area contributed by atoms with Crippen LogP contribution in [0.1, 0.15) is 31.7 Å². The van der Waals surface area contributed by atoms with Gasteiger partial charge in [0.25, 0.3) is 0 Å². The molecule has 1 aromatic rings. The normalized spacial score (nSPS) is 12.5. The molecule has 0 aliphatic carbocycles. The van der Waals surface area contributed by atoms with Gasteiger partial charge in [-0.2, -0.15) is 0 Å². The number of rotatable bonds is 6. The lowest BCUT2D eigenvalue weighted by Crippen LogP contribution is -2.22. The molecule has 0 bridgehead atoms. The van der Waals surface area contributed by atoms with Crippen molar-refractivity contribution in [3.63, 3.8) is 0 Å². The Morgan fingerprint density at radius 1 is 1.33 bits per heavy atom. The number of hydrogen-bond acceptors (Lipinski definition) is 2. The fourth-order valence-electron chi connectivity index (χ4n) is 1.55. The van der Waals surface area contributed by atoms with Crippen LogP contribution in [0.4, 0.5) is 0 Å². The van der Waals surface area contributed by atoms with Gasteiger partial charge >= 0.3 is 0 Å². The van der Waals surface area contributed by atoms with E-state index in [1.807, 2.05) is 18.2 Å². The van der Waals surface area contributed by atoms with E-state index in [4.69, 9.17) is 10.5 Å². The maximum Gasteiger partial charge on any atom is 0.119 e. The quantitative estimate of drug-likeness (QED) is 0.778. The van der Waals surface area contributed by atoms with Gasteiger partial charge < -0.3 is 10.5 Å². The van der Waals surface area contributed by atoms with Crippen molar-refractivity contribution < 1.29 is 4.74 Å². The van der Waals surface area contributed by atoms with Gasteiger partial charge in [0.15, 0.2) is 0 Å². The zero-order valence-electron chi connectivity index (χ0n) is 9.70. The van der Waals surface area contributed by atoms with Gasteiger partial charge in [0, 0.05) is 6.04 Å². The third-order valence-electron chi connectivity index (χ3n) is 2.41. The van der Waals surface area contributed by atoms with Crippen LogP contribution in [0, 0.1) is 6.92 Å². The number of benzene rings is 1. The van der Waals surface area contributed by atoms with Crippen molar-refractivity contribution in [2.45, 2.75) is 39.2 Å². The molecule has 1 unspecified atom stereocenters. The Bertz CT molecular complexity index is 286. The van der Waals surface area contributed by atoms with Crippen molar-refractivity contribution in [3.05, 3.63) is 29.8 Å². The molecule has 2 N–H and O–H groups in total. The molecule has 15 heavy (non-hydrogen) atoms. The van der Waals surface area contributed by atoms with Crippen LogP contribution < -0.4 is 10.5 Å². The molecular weight excluding hydrogens is 186 g/mol. The Morgan fingerprint density at radius 3 is 2.80 bits per heavy atom. The molecule has 0 saturated heterocycles. The third kappa shape index (κ3) is 4.84. The zero-order chi connectivity index (χ0) is 11.1. The van der Waals surface area contributed by atoms with Crippen molar-refractivity contribution in [3.8, 4) is 5.75 Å². The first-order valence-electron chi connectivity index (χ1n) is 5.67. The monoisotopic (exact) mass is 207 g/mol. The van der Waals surface area contributed by atoms with Gasteiger partial charge in [0.2, 0.25) is 0 Å². The summed E-state index contributed by atoms with van der Waals surface area (Å²) in [6, 6.07) is 8.38. The lowest BCUT2D eigenvalue weighted by Gasteiger charge is -2.11. The Morgan fingerprint density at radius 2 is 2.13 bits per heavy atom. The van der Waals surface area contributed by atoms with Gasteiger partial charge in [-0.05, 0) is 37.5 Å². The molecule has 0 saturated carbocycles. The molecule has 2 nitrogen and oxygen atoms in total. The highest BCUT2D eigenvalue weighted by Gasteiger charge is 2.01. The summed E-state index contributed by atoms with van der Waals surface area (Å²) < 4.78 is 5.62. The highest BCUT2D eigenvalue weighted by molar-refractivity contribution is 5.27. The van der Waals surface area contributed by atoms with Crippen molar-refractivity contribution in [2.24, 2.45) is 5.73 Å². The third-order valence-corrected chi connectivity index (χ3v) is 2.41. The van der Waals surface area contributed by atoms with Gasteiger partial charge in [0.05, 0.1) is 6.61 Å². The van der Waals surface area contributed by atoms with Crippen LogP contribution >= 0.6 is 0 Å². The molecule has 1 rings (SSSR count). The Balaban J connectivity index is 2.25. The molecule has 0 amide bonds. The minimum absolute atomic E-state index is 0.278. The second-order valence-electron chi connectivity index (χ2n) is 4.00.